The van der Waals surface area contributed by atoms with Crippen LogP contribution in [0.15, 0.2) is 23.1 Å². The van der Waals surface area contributed by atoms with Gasteiger partial charge in [0.25, 0.3) is 5.91 Å². The van der Waals surface area contributed by atoms with E-state index in [4.69, 9.17) is 4.74 Å². The molecule has 0 unspecified atom stereocenters. The van der Waals surface area contributed by atoms with Crippen molar-refractivity contribution >= 4 is 21.9 Å². The quantitative estimate of drug-likeness (QED) is 0.638. The predicted molar refractivity (Wildman–Crippen MR) is 94.5 cm³/mol. The molecule has 0 fully saturated rings. The fourth-order valence-corrected chi connectivity index (χ4v) is 2.92. The molecule has 0 spiro atoms. The van der Waals surface area contributed by atoms with Gasteiger partial charge in [0.15, 0.2) is 6.61 Å². The minimum absolute atomic E-state index is 0.0785. The van der Waals surface area contributed by atoms with Crippen LogP contribution in [0.2, 0.25) is 0 Å². The van der Waals surface area contributed by atoms with Gasteiger partial charge in [-0.2, -0.15) is 4.72 Å². The molecule has 0 atom stereocenters. The number of carbonyl (C=O) groups is 2. The lowest BCUT2D eigenvalue weighted by Crippen LogP contribution is -2.34. The Morgan fingerprint density at radius 1 is 1.16 bits per heavy atom. The molecular weight excluding hydrogens is 344 g/mol. The number of ether oxygens (including phenoxy) is 1. The van der Waals surface area contributed by atoms with Crippen LogP contribution < -0.4 is 10.0 Å². The van der Waals surface area contributed by atoms with Crippen molar-refractivity contribution < 1.29 is 22.7 Å². The number of aryl methyl sites for hydroxylation is 2. The van der Waals surface area contributed by atoms with E-state index in [1.54, 1.807) is 13.0 Å². The highest BCUT2D eigenvalue weighted by Crippen LogP contribution is 2.14. The lowest BCUT2D eigenvalue weighted by molar-refractivity contribution is -0.147. The third-order valence-corrected chi connectivity index (χ3v) is 5.00. The van der Waals surface area contributed by atoms with E-state index in [2.05, 4.69) is 10.0 Å². The van der Waals surface area contributed by atoms with Crippen molar-refractivity contribution in [1.29, 1.82) is 0 Å². The first-order chi connectivity index (χ1) is 11.6. The Hall–Kier alpha value is -1.93. The lowest BCUT2D eigenvalue weighted by atomic mass is 10.1. The number of hydrogen-bond acceptors (Lipinski definition) is 5. The van der Waals surface area contributed by atoms with E-state index < -0.39 is 35.1 Å². The second-order valence-corrected chi connectivity index (χ2v) is 8.03. The van der Waals surface area contributed by atoms with Crippen molar-refractivity contribution in [3.8, 4) is 0 Å². The van der Waals surface area contributed by atoms with Crippen molar-refractivity contribution in [2.45, 2.75) is 39.0 Å². The monoisotopic (exact) mass is 370 g/mol. The first kappa shape index (κ1) is 21.1. The summed E-state index contributed by atoms with van der Waals surface area (Å²) in [5, 5.41) is 2.62. The lowest BCUT2D eigenvalue weighted by Gasteiger charge is -2.10. The maximum Gasteiger partial charge on any atom is 0.321 e. The molecule has 0 bridgehead atoms. The summed E-state index contributed by atoms with van der Waals surface area (Å²) in [6, 6.07) is 4.70. The van der Waals surface area contributed by atoms with Gasteiger partial charge in [-0.15, -0.1) is 0 Å². The first-order valence-electron chi connectivity index (χ1n) is 8.11. The summed E-state index contributed by atoms with van der Waals surface area (Å²) >= 11 is 0. The summed E-state index contributed by atoms with van der Waals surface area (Å²) in [6.07, 6.45) is 0.829. The molecule has 0 aliphatic heterocycles. The normalized spacial score (nSPS) is 11.4. The minimum atomic E-state index is -3.81. The van der Waals surface area contributed by atoms with Gasteiger partial charge in [0.2, 0.25) is 10.0 Å². The molecule has 1 rings (SSSR count). The van der Waals surface area contributed by atoms with Crippen LogP contribution in [0.4, 0.5) is 0 Å². The van der Waals surface area contributed by atoms with Crippen LogP contribution in [0.5, 0.6) is 0 Å². The molecule has 1 aromatic carbocycles. The molecular formula is C17H26N2O5S. The SMILES string of the molecule is Cc1ccc(S(=O)(=O)NCC(=O)OCC(=O)NCCC(C)C)cc1C. The summed E-state index contributed by atoms with van der Waals surface area (Å²) in [4.78, 5) is 23.2. The number of sulfonamides is 1. The molecule has 25 heavy (non-hydrogen) atoms. The van der Waals surface area contributed by atoms with Crippen molar-refractivity contribution in [1.82, 2.24) is 10.0 Å². The van der Waals surface area contributed by atoms with Crippen molar-refractivity contribution in [2.75, 3.05) is 19.7 Å². The van der Waals surface area contributed by atoms with Crippen LogP contribution in [-0.4, -0.2) is 40.0 Å². The number of amides is 1. The molecule has 0 saturated heterocycles. The molecule has 0 radical (unpaired) electrons. The molecule has 7 nitrogen and oxygen atoms in total. The summed E-state index contributed by atoms with van der Waals surface area (Å²) in [6.45, 7) is 7.30. The number of benzene rings is 1. The number of hydrogen-bond donors (Lipinski definition) is 2. The summed E-state index contributed by atoms with van der Waals surface area (Å²) in [5.41, 5.74) is 1.81. The number of carbonyl (C=O) groups excluding carboxylic acids is 2. The molecule has 1 amide bonds. The predicted octanol–water partition coefficient (Wildman–Crippen LogP) is 1.29. The van der Waals surface area contributed by atoms with Crippen LogP contribution >= 0.6 is 0 Å². The Morgan fingerprint density at radius 3 is 2.44 bits per heavy atom. The van der Waals surface area contributed by atoms with Gasteiger partial charge in [-0.1, -0.05) is 19.9 Å². The van der Waals surface area contributed by atoms with E-state index in [9.17, 15) is 18.0 Å². The van der Waals surface area contributed by atoms with Gasteiger partial charge < -0.3 is 10.1 Å². The van der Waals surface area contributed by atoms with E-state index in [0.717, 1.165) is 17.5 Å². The third-order valence-electron chi connectivity index (χ3n) is 3.60. The molecule has 1 aromatic rings. The highest BCUT2D eigenvalue weighted by atomic mass is 32.2. The highest BCUT2D eigenvalue weighted by molar-refractivity contribution is 7.89. The largest absolute Gasteiger partial charge is 0.455 e. The number of esters is 1. The van der Waals surface area contributed by atoms with E-state index in [1.807, 2.05) is 20.8 Å². The van der Waals surface area contributed by atoms with Crippen LogP contribution in [-0.2, 0) is 24.3 Å². The maximum absolute atomic E-state index is 12.1. The number of rotatable bonds is 9. The van der Waals surface area contributed by atoms with Crippen LogP contribution in [0.1, 0.15) is 31.4 Å². The van der Waals surface area contributed by atoms with Gasteiger partial charge in [-0.25, -0.2) is 8.42 Å². The number of nitrogens with one attached hydrogen (secondary N) is 2. The Bertz CT molecular complexity index is 714. The fraction of sp³-hybridized carbons (Fsp3) is 0.529. The Balaban J connectivity index is 2.42. The molecule has 8 heteroatoms. The Labute approximate surface area is 149 Å². The third kappa shape index (κ3) is 7.66. The average Bonchev–Trinajstić information content (AvgIpc) is 2.53. The zero-order valence-electron chi connectivity index (χ0n) is 15.1. The zero-order chi connectivity index (χ0) is 19.0. The second kappa shape index (κ2) is 9.53. The standard InChI is InChI=1S/C17H26N2O5S/c1-12(2)7-8-18-16(20)11-24-17(21)10-19-25(22,23)15-6-5-13(3)14(4)9-15/h5-6,9,12,19H,7-8,10-11H2,1-4H3,(H,18,20). The molecule has 0 aliphatic rings. The molecule has 0 aliphatic carbocycles. The average molecular weight is 370 g/mol. The smallest absolute Gasteiger partial charge is 0.321 e. The van der Waals surface area contributed by atoms with E-state index >= 15 is 0 Å². The second-order valence-electron chi connectivity index (χ2n) is 6.26. The minimum Gasteiger partial charge on any atom is -0.455 e. The Morgan fingerprint density at radius 2 is 1.84 bits per heavy atom. The van der Waals surface area contributed by atoms with Gasteiger partial charge in [0.05, 0.1) is 4.90 Å². The maximum atomic E-state index is 12.1. The van der Waals surface area contributed by atoms with Gasteiger partial charge >= 0.3 is 5.97 Å². The van der Waals surface area contributed by atoms with Crippen molar-refractivity contribution in [3.63, 3.8) is 0 Å². The van der Waals surface area contributed by atoms with Gasteiger partial charge in [-0.05, 0) is 49.4 Å². The Kier molecular flexibility index (Phi) is 8.05. The van der Waals surface area contributed by atoms with Gasteiger partial charge in [0, 0.05) is 6.54 Å². The molecule has 2 N–H and O–H groups in total. The van der Waals surface area contributed by atoms with E-state index in [1.165, 1.54) is 12.1 Å². The van der Waals surface area contributed by atoms with Crippen molar-refractivity contribution in [2.24, 2.45) is 5.92 Å². The molecule has 140 valence electrons. The molecule has 0 aromatic heterocycles. The van der Waals surface area contributed by atoms with Gasteiger partial charge in [0.1, 0.15) is 6.54 Å². The molecule has 0 heterocycles. The van der Waals surface area contributed by atoms with Crippen LogP contribution in [0, 0.1) is 19.8 Å². The molecule has 0 saturated carbocycles. The summed E-state index contributed by atoms with van der Waals surface area (Å²) in [7, 11) is -3.81. The highest BCUT2D eigenvalue weighted by Gasteiger charge is 2.17. The van der Waals surface area contributed by atoms with Crippen molar-refractivity contribution in [3.05, 3.63) is 29.3 Å². The first-order valence-corrected chi connectivity index (χ1v) is 9.59. The zero-order valence-corrected chi connectivity index (χ0v) is 15.9. The van der Waals surface area contributed by atoms with E-state index in [0.29, 0.717) is 12.5 Å². The van der Waals surface area contributed by atoms with Gasteiger partial charge in [-0.3, -0.25) is 9.59 Å². The summed E-state index contributed by atoms with van der Waals surface area (Å²) < 4.78 is 31.2. The summed E-state index contributed by atoms with van der Waals surface area (Å²) in [5.74, 6) is -0.764. The van der Waals surface area contributed by atoms with Crippen LogP contribution in [0.3, 0.4) is 0 Å². The fourth-order valence-electron chi connectivity index (χ4n) is 1.87. The van der Waals surface area contributed by atoms with Crippen LogP contribution in [0.25, 0.3) is 0 Å². The topological polar surface area (TPSA) is 102 Å². The van der Waals surface area contributed by atoms with E-state index in [-0.39, 0.29) is 4.90 Å².